The normalized spacial score (nSPS) is 34.3. The minimum Gasteiger partial charge on any atom is -0.456 e. The first-order valence-electron chi connectivity index (χ1n) is 5.50. The molecular weight excluding hydrogens is 218 g/mol. The van der Waals surface area contributed by atoms with E-state index in [0.29, 0.717) is 12.6 Å². The minimum atomic E-state index is -3.28. The molecule has 6 heteroatoms. The maximum absolute atomic E-state index is 12.9. The highest BCUT2D eigenvalue weighted by Crippen LogP contribution is 2.31. The van der Waals surface area contributed by atoms with Gasteiger partial charge in [0.1, 0.15) is 6.10 Å². The third kappa shape index (κ3) is 2.32. The van der Waals surface area contributed by atoms with Crippen LogP contribution < -0.4 is 5.32 Å². The van der Waals surface area contributed by atoms with Crippen molar-refractivity contribution >= 4 is 5.97 Å². The van der Waals surface area contributed by atoms with Crippen LogP contribution in [0.3, 0.4) is 0 Å². The van der Waals surface area contributed by atoms with E-state index in [2.05, 4.69) is 15.0 Å². The number of esters is 1. The molecular formula is C10H16F2N2O2. The summed E-state index contributed by atoms with van der Waals surface area (Å²) in [6.07, 6.45) is -0.127. The average Bonchev–Trinajstić information content (AvgIpc) is 2.73. The molecule has 0 spiro atoms. The van der Waals surface area contributed by atoms with E-state index in [1.54, 1.807) is 0 Å². The fraction of sp³-hybridized carbons (Fsp3) is 0.900. The van der Waals surface area contributed by atoms with E-state index >= 15 is 0 Å². The molecule has 16 heavy (non-hydrogen) atoms. The molecule has 0 amide bonds. The molecule has 0 aromatic carbocycles. The summed E-state index contributed by atoms with van der Waals surface area (Å²) in [5, 5.41) is 3.15. The van der Waals surface area contributed by atoms with Crippen LogP contribution in [-0.2, 0) is 9.53 Å². The molecule has 1 N–H and O–H groups in total. The number of carbonyl (C=O) groups excluding carboxylic acids is 1. The zero-order valence-electron chi connectivity index (χ0n) is 9.21. The van der Waals surface area contributed by atoms with Crippen LogP contribution in [0.2, 0.25) is 0 Å². The number of likely N-dealkylation sites (tertiary alicyclic amines) is 1. The summed E-state index contributed by atoms with van der Waals surface area (Å²) in [6.45, 7) is 2.11. The highest BCUT2D eigenvalue weighted by molar-refractivity contribution is 5.79. The monoisotopic (exact) mass is 234 g/mol. The van der Waals surface area contributed by atoms with Gasteiger partial charge in [0.15, 0.2) is 0 Å². The fourth-order valence-electron chi connectivity index (χ4n) is 2.27. The van der Waals surface area contributed by atoms with E-state index in [4.69, 9.17) is 0 Å². The maximum atomic E-state index is 12.9. The van der Waals surface area contributed by atoms with Crippen molar-refractivity contribution in [3.63, 3.8) is 0 Å². The van der Waals surface area contributed by atoms with Gasteiger partial charge in [-0.05, 0) is 20.0 Å². The molecule has 0 aliphatic carbocycles. The summed E-state index contributed by atoms with van der Waals surface area (Å²) in [5.41, 5.74) is 0. The molecule has 0 aromatic heterocycles. The second-order valence-corrected chi connectivity index (χ2v) is 4.47. The third-order valence-corrected chi connectivity index (χ3v) is 3.20. The molecule has 4 nitrogen and oxygen atoms in total. The Morgan fingerprint density at radius 1 is 1.62 bits per heavy atom. The first-order chi connectivity index (χ1) is 7.51. The lowest BCUT2D eigenvalue weighted by Gasteiger charge is -2.19. The van der Waals surface area contributed by atoms with Crippen molar-refractivity contribution in [3.8, 4) is 0 Å². The van der Waals surface area contributed by atoms with Gasteiger partial charge in [-0.2, -0.15) is 8.78 Å². The fourth-order valence-corrected chi connectivity index (χ4v) is 2.27. The van der Waals surface area contributed by atoms with Crippen LogP contribution in [0, 0.1) is 0 Å². The predicted molar refractivity (Wildman–Crippen MR) is 53.3 cm³/mol. The molecule has 2 atom stereocenters. The molecule has 2 saturated heterocycles. The number of nitrogens with one attached hydrogen (secondary N) is 1. The number of alkyl halides is 2. The Balaban J connectivity index is 1.82. The van der Waals surface area contributed by atoms with Crippen LogP contribution in [0.4, 0.5) is 8.78 Å². The lowest BCUT2D eigenvalue weighted by Crippen LogP contribution is -2.34. The average molecular weight is 234 g/mol. The summed E-state index contributed by atoms with van der Waals surface area (Å²) in [6, 6.07) is 0.414. The van der Waals surface area contributed by atoms with Crippen molar-refractivity contribution in [1.82, 2.24) is 10.2 Å². The molecule has 0 aromatic rings. The lowest BCUT2D eigenvalue weighted by molar-refractivity contribution is -0.159. The van der Waals surface area contributed by atoms with E-state index < -0.39 is 24.4 Å². The maximum Gasteiger partial charge on any atom is 0.377 e. The van der Waals surface area contributed by atoms with Crippen molar-refractivity contribution in [2.45, 2.75) is 30.9 Å². The van der Waals surface area contributed by atoms with E-state index in [-0.39, 0.29) is 0 Å². The highest BCUT2D eigenvalue weighted by Gasteiger charge is 2.51. The second kappa shape index (κ2) is 4.25. The number of ether oxygens (including phenoxy) is 1. The van der Waals surface area contributed by atoms with Crippen LogP contribution in [0.15, 0.2) is 0 Å². The van der Waals surface area contributed by atoms with Gasteiger partial charge in [-0.1, -0.05) is 0 Å². The van der Waals surface area contributed by atoms with E-state index in [1.807, 2.05) is 7.05 Å². The van der Waals surface area contributed by atoms with Crippen LogP contribution >= 0.6 is 0 Å². The minimum absolute atomic E-state index is 0.414. The Morgan fingerprint density at radius 3 is 2.88 bits per heavy atom. The van der Waals surface area contributed by atoms with Gasteiger partial charge >= 0.3 is 11.9 Å². The van der Waals surface area contributed by atoms with Crippen molar-refractivity contribution in [2.75, 3.05) is 26.7 Å². The molecule has 2 rings (SSSR count). The molecule has 92 valence electrons. The molecule has 2 aliphatic heterocycles. The number of carbonyl (C=O) groups is 1. The molecule has 2 heterocycles. The first-order valence-corrected chi connectivity index (χ1v) is 5.50. The Kier molecular flexibility index (Phi) is 3.12. The largest absolute Gasteiger partial charge is 0.456 e. The topological polar surface area (TPSA) is 41.6 Å². The highest BCUT2D eigenvalue weighted by atomic mass is 19.3. The van der Waals surface area contributed by atoms with Crippen molar-refractivity contribution in [2.24, 2.45) is 0 Å². The molecule has 2 unspecified atom stereocenters. The molecule has 0 saturated carbocycles. The second-order valence-electron chi connectivity index (χ2n) is 4.47. The summed E-state index contributed by atoms with van der Waals surface area (Å²) in [5.74, 6) is -4.66. The van der Waals surface area contributed by atoms with Crippen LogP contribution in [-0.4, -0.2) is 55.6 Å². The summed E-state index contributed by atoms with van der Waals surface area (Å²) < 4.78 is 30.5. The lowest BCUT2D eigenvalue weighted by atomic mass is 10.2. The zero-order valence-corrected chi connectivity index (χ0v) is 9.21. The van der Waals surface area contributed by atoms with Gasteiger partial charge in [0.2, 0.25) is 0 Å². The number of hydrogen-bond acceptors (Lipinski definition) is 4. The number of cyclic esters (lactones) is 1. The summed E-state index contributed by atoms with van der Waals surface area (Å²) >= 11 is 0. The van der Waals surface area contributed by atoms with Crippen molar-refractivity contribution < 1.29 is 18.3 Å². The van der Waals surface area contributed by atoms with Crippen LogP contribution in [0.25, 0.3) is 0 Å². The number of nitrogens with zero attached hydrogens (tertiary/aromatic N) is 1. The van der Waals surface area contributed by atoms with Gasteiger partial charge in [0.05, 0.1) is 6.42 Å². The number of halogens is 2. The van der Waals surface area contributed by atoms with E-state index in [1.165, 1.54) is 0 Å². The molecule has 2 fully saturated rings. The zero-order chi connectivity index (χ0) is 11.8. The van der Waals surface area contributed by atoms with E-state index in [9.17, 15) is 13.6 Å². The number of rotatable bonds is 3. The van der Waals surface area contributed by atoms with Gasteiger partial charge < -0.3 is 10.1 Å². The smallest absolute Gasteiger partial charge is 0.377 e. The van der Waals surface area contributed by atoms with Gasteiger partial charge in [0.25, 0.3) is 0 Å². The molecule has 0 radical (unpaired) electrons. The Morgan fingerprint density at radius 2 is 2.38 bits per heavy atom. The van der Waals surface area contributed by atoms with E-state index in [0.717, 1.165) is 19.5 Å². The molecule has 2 aliphatic rings. The van der Waals surface area contributed by atoms with Gasteiger partial charge in [-0.25, -0.2) is 4.79 Å². The summed E-state index contributed by atoms with van der Waals surface area (Å²) in [4.78, 5) is 12.9. The predicted octanol–water partition coefficient (Wildman–Crippen LogP) is 0.231. The first kappa shape index (κ1) is 11.7. The number of hydrogen-bond donors (Lipinski definition) is 1. The summed E-state index contributed by atoms with van der Waals surface area (Å²) in [7, 11) is 1.89. The van der Waals surface area contributed by atoms with Gasteiger partial charge in [0, 0.05) is 19.1 Å². The van der Waals surface area contributed by atoms with Gasteiger partial charge in [-0.15, -0.1) is 0 Å². The van der Waals surface area contributed by atoms with Crippen molar-refractivity contribution in [3.05, 3.63) is 0 Å². The Bertz CT molecular complexity index is 286. The Hall–Kier alpha value is -0.750. The van der Waals surface area contributed by atoms with Crippen LogP contribution in [0.5, 0.6) is 0 Å². The third-order valence-electron chi connectivity index (χ3n) is 3.20. The number of likely N-dealkylation sites (N-methyl/N-ethyl adjacent to an activating group) is 1. The van der Waals surface area contributed by atoms with Crippen LogP contribution in [0.1, 0.15) is 12.8 Å². The molecule has 0 bridgehead atoms. The standard InChI is InChI=1S/C10H16F2N2O2/c1-13-7-2-3-14(5-7)6-8-4-10(11,12)9(15)16-8/h7-8,13H,2-6H2,1H3. The SMILES string of the molecule is CNC1CCN(CC2CC(F)(F)C(=O)O2)C1. The quantitative estimate of drug-likeness (QED) is 0.710. The van der Waals surface area contributed by atoms with Gasteiger partial charge in [-0.3, -0.25) is 4.90 Å². The Labute approximate surface area is 92.9 Å². The van der Waals surface area contributed by atoms with Crippen molar-refractivity contribution in [1.29, 1.82) is 0 Å².